The Morgan fingerprint density at radius 2 is 2.15 bits per heavy atom. The van der Waals surface area contributed by atoms with Gasteiger partial charge in [0.05, 0.1) is 4.92 Å². The molecule has 104 valence electrons. The number of ether oxygens (including phenoxy) is 1. The Morgan fingerprint density at radius 1 is 1.35 bits per heavy atom. The number of pyridine rings is 1. The van der Waals surface area contributed by atoms with E-state index in [0.29, 0.717) is 11.6 Å². The number of aryl methyl sites for hydroxylation is 1. The van der Waals surface area contributed by atoms with Gasteiger partial charge in [0.1, 0.15) is 11.6 Å². The minimum atomic E-state index is -0.450. The van der Waals surface area contributed by atoms with Crippen LogP contribution in [0.3, 0.4) is 0 Å². The molecule has 0 bridgehead atoms. The second-order valence-electron chi connectivity index (χ2n) is 4.24. The fraction of sp³-hybridized carbons (Fsp3) is 0.214. The van der Waals surface area contributed by atoms with Crippen LogP contribution in [-0.2, 0) is 0 Å². The number of benzene rings is 1. The van der Waals surface area contributed by atoms with E-state index in [9.17, 15) is 10.1 Å². The van der Waals surface area contributed by atoms with Crippen molar-refractivity contribution in [1.29, 1.82) is 0 Å². The van der Waals surface area contributed by atoms with Gasteiger partial charge >= 0.3 is 5.69 Å². The van der Waals surface area contributed by atoms with Crippen LogP contribution < -0.4 is 10.1 Å². The molecule has 1 N–H and O–H groups in total. The van der Waals surface area contributed by atoms with E-state index in [0.717, 1.165) is 12.1 Å². The van der Waals surface area contributed by atoms with Gasteiger partial charge in [0.2, 0.25) is 5.75 Å². The van der Waals surface area contributed by atoms with Crippen molar-refractivity contribution in [2.24, 2.45) is 0 Å². The molecular weight excluding hydrogens is 258 g/mol. The number of anilines is 1. The summed E-state index contributed by atoms with van der Waals surface area (Å²) in [6.45, 7) is 4.49. The molecule has 1 heterocycles. The zero-order valence-electron chi connectivity index (χ0n) is 11.3. The molecule has 0 saturated carbocycles. The minimum Gasteiger partial charge on any atom is -0.450 e. The molecule has 0 amide bonds. The molecule has 0 fully saturated rings. The second kappa shape index (κ2) is 6.01. The predicted molar refractivity (Wildman–Crippen MR) is 76.3 cm³/mol. The highest BCUT2D eigenvalue weighted by Crippen LogP contribution is 2.32. The number of nitrogens with zero attached hydrogens (tertiary/aromatic N) is 2. The van der Waals surface area contributed by atoms with Gasteiger partial charge in [-0.05, 0) is 31.5 Å². The maximum atomic E-state index is 11.0. The van der Waals surface area contributed by atoms with Crippen LogP contribution in [0, 0.1) is 17.0 Å². The number of nitro groups is 1. The van der Waals surface area contributed by atoms with E-state index in [1.165, 1.54) is 6.07 Å². The van der Waals surface area contributed by atoms with Crippen LogP contribution in [-0.4, -0.2) is 16.5 Å². The lowest BCUT2D eigenvalue weighted by Crippen LogP contribution is -1.99. The van der Waals surface area contributed by atoms with Crippen LogP contribution in [0.4, 0.5) is 11.5 Å². The van der Waals surface area contributed by atoms with E-state index in [-0.39, 0.29) is 11.4 Å². The average Bonchev–Trinajstić information content (AvgIpc) is 2.41. The van der Waals surface area contributed by atoms with Crippen LogP contribution >= 0.6 is 0 Å². The number of hydrogen-bond acceptors (Lipinski definition) is 5. The molecule has 0 aliphatic carbocycles. The van der Waals surface area contributed by atoms with Gasteiger partial charge in [-0.3, -0.25) is 10.1 Å². The predicted octanol–water partition coefficient (Wildman–Crippen LogP) is 3.52. The van der Waals surface area contributed by atoms with Crippen LogP contribution in [0.25, 0.3) is 0 Å². The van der Waals surface area contributed by atoms with Gasteiger partial charge < -0.3 is 10.1 Å². The molecule has 0 aliphatic heterocycles. The van der Waals surface area contributed by atoms with Crippen LogP contribution in [0.15, 0.2) is 36.5 Å². The zero-order valence-corrected chi connectivity index (χ0v) is 11.3. The third-order valence-electron chi connectivity index (χ3n) is 2.63. The molecule has 2 rings (SSSR count). The largest absolute Gasteiger partial charge is 0.450 e. The first-order chi connectivity index (χ1) is 9.60. The summed E-state index contributed by atoms with van der Waals surface area (Å²) in [5.41, 5.74) is 0.763. The molecule has 0 unspecified atom stereocenters. The Balaban J connectivity index is 2.30. The standard InChI is InChI=1S/C14H15N3O3/c1-3-15-14-9-11(6-7-16-14)20-13-5-4-10(2)8-12(13)17(18)19/h4-9H,3H2,1-2H3,(H,15,16). The Morgan fingerprint density at radius 3 is 2.85 bits per heavy atom. The van der Waals surface area contributed by atoms with Crippen molar-refractivity contribution in [3.05, 3.63) is 52.2 Å². The lowest BCUT2D eigenvalue weighted by Gasteiger charge is -2.08. The highest BCUT2D eigenvalue weighted by atomic mass is 16.6. The first-order valence-corrected chi connectivity index (χ1v) is 6.23. The Labute approximate surface area is 116 Å². The molecule has 2 aromatic rings. The van der Waals surface area contributed by atoms with Gasteiger partial charge in [-0.1, -0.05) is 6.07 Å². The maximum absolute atomic E-state index is 11.0. The fourth-order valence-electron chi connectivity index (χ4n) is 1.74. The maximum Gasteiger partial charge on any atom is 0.311 e. The highest BCUT2D eigenvalue weighted by molar-refractivity contribution is 5.51. The summed E-state index contributed by atoms with van der Waals surface area (Å²) in [5, 5.41) is 14.1. The first kappa shape index (κ1) is 13.8. The van der Waals surface area contributed by atoms with E-state index in [1.807, 2.05) is 6.92 Å². The summed E-state index contributed by atoms with van der Waals surface area (Å²) in [7, 11) is 0. The number of rotatable bonds is 5. The summed E-state index contributed by atoms with van der Waals surface area (Å²) < 4.78 is 5.59. The SMILES string of the molecule is CCNc1cc(Oc2ccc(C)cc2[N+](=O)[O-])ccn1. The van der Waals surface area contributed by atoms with E-state index >= 15 is 0 Å². The zero-order chi connectivity index (χ0) is 14.5. The van der Waals surface area contributed by atoms with Gasteiger partial charge in [0.25, 0.3) is 0 Å². The molecular formula is C14H15N3O3. The molecule has 0 radical (unpaired) electrons. The molecule has 0 saturated heterocycles. The van der Waals surface area contributed by atoms with Crippen molar-refractivity contribution in [2.75, 3.05) is 11.9 Å². The van der Waals surface area contributed by atoms with Gasteiger partial charge in [0.15, 0.2) is 0 Å². The highest BCUT2D eigenvalue weighted by Gasteiger charge is 2.16. The normalized spacial score (nSPS) is 10.1. The molecule has 6 heteroatoms. The van der Waals surface area contributed by atoms with Crippen molar-refractivity contribution in [3.8, 4) is 11.5 Å². The van der Waals surface area contributed by atoms with E-state index in [2.05, 4.69) is 10.3 Å². The number of aromatic nitrogens is 1. The molecule has 0 aliphatic rings. The summed E-state index contributed by atoms with van der Waals surface area (Å²) in [4.78, 5) is 14.7. The Hall–Kier alpha value is -2.63. The fourth-order valence-corrected chi connectivity index (χ4v) is 1.74. The van der Waals surface area contributed by atoms with E-state index < -0.39 is 4.92 Å². The smallest absolute Gasteiger partial charge is 0.311 e. The lowest BCUT2D eigenvalue weighted by molar-refractivity contribution is -0.385. The number of nitrogens with one attached hydrogen (secondary N) is 1. The van der Waals surface area contributed by atoms with Crippen molar-refractivity contribution in [2.45, 2.75) is 13.8 Å². The number of hydrogen-bond donors (Lipinski definition) is 1. The average molecular weight is 273 g/mol. The molecule has 1 aromatic carbocycles. The topological polar surface area (TPSA) is 77.3 Å². The summed E-state index contributed by atoms with van der Waals surface area (Å²) >= 11 is 0. The Bertz CT molecular complexity index is 629. The van der Waals surface area contributed by atoms with Crippen LogP contribution in [0.5, 0.6) is 11.5 Å². The van der Waals surface area contributed by atoms with Crippen LogP contribution in [0.2, 0.25) is 0 Å². The van der Waals surface area contributed by atoms with Gasteiger partial charge in [0, 0.05) is 24.9 Å². The molecule has 0 atom stereocenters. The van der Waals surface area contributed by atoms with Crippen molar-refractivity contribution < 1.29 is 9.66 Å². The summed E-state index contributed by atoms with van der Waals surface area (Å²) in [6.07, 6.45) is 1.59. The monoisotopic (exact) mass is 273 g/mol. The minimum absolute atomic E-state index is 0.0492. The summed E-state index contributed by atoms with van der Waals surface area (Å²) in [6, 6.07) is 8.22. The van der Waals surface area contributed by atoms with Gasteiger partial charge in [-0.2, -0.15) is 0 Å². The first-order valence-electron chi connectivity index (χ1n) is 6.23. The molecule has 20 heavy (non-hydrogen) atoms. The van der Waals surface area contributed by atoms with Crippen LogP contribution in [0.1, 0.15) is 12.5 Å². The van der Waals surface area contributed by atoms with Gasteiger partial charge in [-0.15, -0.1) is 0 Å². The summed E-state index contributed by atoms with van der Waals surface area (Å²) in [5.74, 6) is 1.39. The second-order valence-corrected chi connectivity index (χ2v) is 4.24. The molecule has 0 spiro atoms. The van der Waals surface area contributed by atoms with E-state index in [1.54, 1.807) is 37.4 Å². The Kier molecular flexibility index (Phi) is 4.14. The molecule has 6 nitrogen and oxygen atoms in total. The van der Waals surface area contributed by atoms with E-state index in [4.69, 9.17) is 4.74 Å². The molecule has 1 aromatic heterocycles. The quantitative estimate of drug-likeness (QED) is 0.666. The lowest BCUT2D eigenvalue weighted by atomic mass is 10.2. The third-order valence-corrected chi connectivity index (χ3v) is 2.63. The van der Waals surface area contributed by atoms with Crippen molar-refractivity contribution in [3.63, 3.8) is 0 Å². The van der Waals surface area contributed by atoms with Crippen molar-refractivity contribution in [1.82, 2.24) is 4.98 Å². The van der Waals surface area contributed by atoms with Gasteiger partial charge in [-0.25, -0.2) is 4.98 Å². The van der Waals surface area contributed by atoms with Crippen molar-refractivity contribution >= 4 is 11.5 Å². The third kappa shape index (κ3) is 3.23. The number of nitro benzene ring substituents is 1.